The second-order valence-electron chi connectivity index (χ2n) is 9.08. The minimum atomic E-state index is -1.18. The lowest BCUT2D eigenvalue weighted by atomic mass is 10.0. The molecule has 3 rings (SSSR count). The lowest BCUT2D eigenvalue weighted by molar-refractivity contribution is -0.166. The average molecular weight is 501 g/mol. The fourth-order valence-electron chi connectivity index (χ4n) is 4.27. The number of carbonyl (C=O) groups excluding carboxylic acids is 6. The largest absolute Gasteiger partial charge is 0.442 e. The van der Waals surface area contributed by atoms with Crippen LogP contribution in [-0.4, -0.2) is 88.7 Å². The predicted octanol–water partition coefficient (Wildman–Crippen LogP) is 0.784. The molecule has 1 saturated heterocycles. The van der Waals surface area contributed by atoms with Gasteiger partial charge in [-0.15, -0.1) is 0 Å². The van der Waals surface area contributed by atoms with Crippen molar-refractivity contribution < 1.29 is 33.5 Å². The molecule has 0 radical (unpaired) electrons. The summed E-state index contributed by atoms with van der Waals surface area (Å²) in [6.07, 6.45) is -0.112. The number of carbonyl (C=O) groups is 6. The molecule has 11 nitrogen and oxygen atoms in total. The number of nitrogens with zero attached hydrogens (tertiary/aromatic N) is 3. The highest BCUT2D eigenvalue weighted by Gasteiger charge is 2.47. The first kappa shape index (κ1) is 27.0. The summed E-state index contributed by atoms with van der Waals surface area (Å²) in [5, 5.41) is 2.66. The summed E-state index contributed by atoms with van der Waals surface area (Å²) in [5.74, 6) is -4.01. The van der Waals surface area contributed by atoms with Gasteiger partial charge in [0.15, 0.2) is 6.73 Å². The molecule has 2 heterocycles. The highest BCUT2D eigenvalue weighted by atomic mass is 16.5. The molecule has 0 aliphatic carbocycles. The Morgan fingerprint density at radius 2 is 1.64 bits per heavy atom. The van der Waals surface area contributed by atoms with Crippen molar-refractivity contribution in [3.8, 4) is 0 Å². The van der Waals surface area contributed by atoms with Gasteiger partial charge in [0.2, 0.25) is 11.8 Å². The summed E-state index contributed by atoms with van der Waals surface area (Å²) in [7, 11) is 0. The Hall–Kier alpha value is -3.60. The highest BCUT2D eigenvalue weighted by molar-refractivity contribution is 6.23. The first-order valence-electron chi connectivity index (χ1n) is 12.1. The van der Waals surface area contributed by atoms with Gasteiger partial charge in [0.05, 0.1) is 17.7 Å². The minimum Gasteiger partial charge on any atom is -0.442 e. The number of benzene rings is 1. The van der Waals surface area contributed by atoms with Crippen molar-refractivity contribution in [2.45, 2.75) is 52.6 Å². The van der Waals surface area contributed by atoms with E-state index < -0.39 is 48.4 Å². The van der Waals surface area contributed by atoms with Crippen LogP contribution in [0.5, 0.6) is 0 Å². The molecule has 194 valence electrons. The Morgan fingerprint density at radius 3 is 2.17 bits per heavy atom. The van der Waals surface area contributed by atoms with E-state index in [-0.39, 0.29) is 42.3 Å². The van der Waals surface area contributed by atoms with Gasteiger partial charge in [0.1, 0.15) is 12.1 Å². The van der Waals surface area contributed by atoms with Gasteiger partial charge in [-0.05, 0) is 37.6 Å². The molecule has 11 heteroatoms. The number of hydrogen-bond acceptors (Lipinski definition) is 8. The molecule has 0 saturated carbocycles. The maximum Gasteiger partial charge on any atom is 0.330 e. The third kappa shape index (κ3) is 5.46. The average Bonchev–Trinajstić information content (AvgIpc) is 3.10. The molecule has 1 N–H and O–H groups in total. The van der Waals surface area contributed by atoms with Crippen molar-refractivity contribution in [2.75, 3.05) is 26.4 Å². The van der Waals surface area contributed by atoms with E-state index in [1.54, 1.807) is 26.0 Å². The number of fused-ring (bicyclic) bond motifs is 1. The molecule has 2 aliphatic rings. The fraction of sp³-hybridized carbons (Fsp3) is 0.520. The van der Waals surface area contributed by atoms with Gasteiger partial charge in [-0.3, -0.25) is 33.8 Å². The Kier molecular flexibility index (Phi) is 8.57. The molecule has 36 heavy (non-hydrogen) atoms. The molecule has 2 atom stereocenters. The maximum absolute atomic E-state index is 13.1. The van der Waals surface area contributed by atoms with E-state index in [2.05, 4.69) is 5.32 Å². The summed E-state index contributed by atoms with van der Waals surface area (Å²) in [5.41, 5.74) is 0.399. The molecule has 0 bridgehead atoms. The number of esters is 1. The molecule has 5 amide bonds. The summed E-state index contributed by atoms with van der Waals surface area (Å²) in [6, 6.07) is 4.11. The summed E-state index contributed by atoms with van der Waals surface area (Å²) < 4.78 is 5.26. The van der Waals surface area contributed by atoms with Crippen LogP contribution in [0.2, 0.25) is 0 Å². The van der Waals surface area contributed by atoms with Crippen LogP contribution in [0.15, 0.2) is 24.3 Å². The van der Waals surface area contributed by atoms with Gasteiger partial charge in [-0.25, -0.2) is 9.69 Å². The van der Waals surface area contributed by atoms with Crippen LogP contribution < -0.4 is 5.32 Å². The van der Waals surface area contributed by atoms with E-state index in [0.29, 0.717) is 13.1 Å². The maximum atomic E-state index is 13.1. The summed E-state index contributed by atoms with van der Waals surface area (Å²) in [4.78, 5) is 79.9. The van der Waals surface area contributed by atoms with Gasteiger partial charge < -0.3 is 10.1 Å². The normalized spacial score (nSPS) is 18.7. The monoisotopic (exact) mass is 500 g/mol. The van der Waals surface area contributed by atoms with Crippen LogP contribution in [0.25, 0.3) is 0 Å². The standard InChI is InChI=1S/C25H32N4O7/c1-5-27(6-2)13-19(30)26-21(15(3)4)25(35)36-14-28-20(31)12-11-18(24(28)34)29-22(32)16-9-7-8-10-17(16)23(29)33/h7-10,15,18,21H,5-6,11-14H2,1-4H3,(H,26,30)/t18?,21-/m0/s1. The summed E-state index contributed by atoms with van der Waals surface area (Å²) >= 11 is 0. The zero-order valence-corrected chi connectivity index (χ0v) is 21.0. The van der Waals surface area contributed by atoms with Crippen LogP contribution in [0, 0.1) is 5.92 Å². The fourth-order valence-corrected chi connectivity index (χ4v) is 4.27. The van der Waals surface area contributed by atoms with Gasteiger partial charge in [0, 0.05) is 6.42 Å². The number of rotatable bonds is 10. The third-order valence-corrected chi connectivity index (χ3v) is 6.46. The molecular formula is C25H32N4O7. The van der Waals surface area contributed by atoms with Crippen LogP contribution >= 0.6 is 0 Å². The number of likely N-dealkylation sites (N-methyl/N-ethyl adjacent to an activating group) is 1. The molecule has 1 aromatic rings. The zero-order valence-electron chi connectivity index (χ0n) is 21.0. The smallest absolute Gasteiger partial charge is 0.330 e. The number of nitrogens with one attached hydrogen (secondary N) is 1. The first-order chi connectivity index (χ1) is 17.1. The van der Waals surface area contributed by atoms with Gasteiger partial charge in [0.25, 0.3) is 17.7 Å². The quantitative estimate of drug-likeness (QED) is 0.368. The van der Waals surface area contributed by atoms with Crippen LogP contribution in [0.4, 0.5) is 0 Å². The molecule has 0 spiro atoms. The van der Waals surface area contributed by atoms with E-state index in [1.165, 1.54) is 12.1 Å². The molecule has 2 aliphatic heterocycles. The highest BCUT2D eigenvalue weighted by Crippen LogP contribution is 2.29. The topological polar surface area (TPSA) is 133 Å². The lowest BCUT2D eigenvalue weighted by Crippen LogP contribution is -2.57. The van der Waals surface area contributed by atoms with Crippen molar-refractivity contribution in [1.82, 2.24) is 20.0 Å². The van der Waals surface area contributed by atoms with Crippen LogP contribution in [0.3, 0.4) is 0 Å². The van der Waals surface area contributed by atoms with Crippen molar-refractivity contribution in [2.24, 2.45) is 5.92 Å². The van der Waals surface area contributed by atoms with E-state index in [1.807, 2.05) is 18.7 Å². The van der Waals surface area contributed by atoms with Gasteiger partial charge >= 0.3 is 5.97 Å². The summed E-state index contributed by atoms with van der Waals surface area (Å²) in [6.45, 7) is 8.11. The minimum absolute atomic E-state index is 0.0103. The third-order valence-electron chi connectivity index (χ3n) is 6.46. The second-order valence-corrected chi connectivity index (χ2v) is 9.08. The van der Waals surface area contributed by atoms with Crippen molar-refractivity contribution in [3.05, 3.63) is 35.4 Å². The second kappa shape index (κ2) is 11.4. The number of likely N-dealkylation sites (tertiary alicyclic amines) is 1. The number of ether oxygens (including phenoxy) is 1. The van der Waals surface area contributed by atoms with Gasteiger partial charge in [-0.2, -0.15) is 0 Å². The number of piperidine rings is 1. The van der Waals surface area contributed by atoms with Crippen molar-refractivity contribution in [3.63, 3.8) is 0 Å². The van der Waals surface area contributed by atoms with E-state index in [9.17, 15) is 28.8 Å². The molecule has 1 unspecified atom stereocenters. The van der Waals surface area contributed by atoms with Crippen molar-refractivity contribution >= 4 is 35.5 Å². The Morgan fingerprint density at radius 1 is 1.06 bits per heavy atom. The van der Waals surface area contributed by atoms with E-state index in [4.69, 9.17) is 4.74 Å². The zero-order chi connectivity index (χ0) is 26.6. The van der Waals surface area contributed by atoms with E-state index in [0.717, 1.165) is 9.80 Å². The Bertz CT molecular complexity index is 1030. The number of amides is 5. The molecule has 0 aromatic heterocycles. The van der Waals surface area contributed by atoms with Crippen LogP contribution in [0.1, 0.15) is 61.3 Å². The van der Waals surface area contributed by atoms with Crippen LogP contribution in [-0.2, 0) is 23.9 Å². The SMILES string of the molecule is CCN(CC)CC(=O)N[C@H](C(=O)OCN1C(=O)CCC(N2C(=O)c3ccccc3C2=O)C1=O)C(C)C. The van der Waals surface area contributed by atoms with Gasteiger partial charge in [-0.1, -0.05) is 39.8 Å². The lowest BCUT2D eigenvalue weighted by Gasteiger charge is -2.34. The van der Waals surface area contributed by atoms with E-state index >= 15 is 0 Å². The molecule has 1 fully saturated rings. The predicted molar refractivity (Wildman–Crippen MR) is 127 cm³/mol. The first-order valence-corrected chi connectivity index (χ1v) is 12.1. The van der Waals surface area contributed by atoms with Crippen molar-refractivity contribution in [1.29, 1.82) is 0 Å². The number of imide groups is 2. The number of hydrogen-bond donors (Lipinski definition) is 1. The Balaban J connectivity index is 1.66. The molecular weight excluding hydrogens is 468 g/mol. The molecule has 1 aromatic carbocycles. The Labute approximate surface area is 209 Å².